The first-order valence-corrected chi connectivity index (χ1v) is 7.65. The standard InChI is InChI=1S/C12H22N4O2S/c1-16(2)10-6-5-9-14-19(17,18)12-8-4-3-7-11(12)15-13/h3-4,7-8,14-15H,5-6,9-10,13H2,1-2H3. The second-order valence-electron chi connectivity index (χ2n) is 4.55. The Morgan fingerprint density at radius 3 is 2.53 bits per heavy atom. The van der Waals surface area contributed by atoms with Gasteiger partial charge in [-0.15, -0.1) is 0 Å². The molecule has 0 fully saturated rings. The smallest absolute Gasteiger partial charge is 0.242 e. The van der Waals surface area contributed by atoms with Gasteiger partial charge < -0.3 is 10.3 Å². The van der Waals surface area contributed by atoms with Crippen LogP contribution >= 0.6 is 0 Å². The number of rotatable bonds is 8. The second-order valence-corrected chi connectivity index (χ2v) is 6.28. The number of sulfonamides is 1. The Bertz CT molecular complexity index is 488. The fourth-order valence-electron chi connectivity index (χ4n) is 1.66. The maximum atomic E-state index is 12.1. The number of nitrogen functional groups attached to an aromatic ring is 1. The molecule has 0 radical (unpaired) electrons. The largest absolute Gasteiger partial charge is 0.323 e. The molecule has 0 bridgehead atoms. The number of hydrogen-bond acceptors (Lipinski definition) is 5. The molecule has 7 heteroatoms. The Labute approximate surface area is 115 Å². The van der Waals surface area contributed by atoms with Gasteiger partial charge in [0, 0.05) is 6.54 Å². The van der Waals surface area contributed by atoms with E-state index in [0.29, 0.717) is 12.2 Å². The summed E-state index contributed by atoms with van der Waals surface area (Å²) in [7, 11) is 0.477. The zero-order chi connectivity index (χ0) is 14.3. The minimum absolute atomic E-state index is 0.171. The SMILES string of the molecule is CN(C)CCCCNS(=O)(=O)c1ccccc1NN. The number of nitrogens with one attached hydrogen (secondary N) is 2. The van der Waals surface area contributed by atoms with Crippen LogP contribution < -0.4 is 16.0 Å². The molecule has 108 valence electrons. The molecule has 0 saturated carbocycles. The fourth-order valence-corrected chi connectivity index (χ4v) is 2.90. The van der Waals surface area contributed by atoms with Gasteiger partial charge in [-0.1, -0.05) is 12.1 Å². The molecule has 1 rings (SSSR count). The molecule has 0 spiro atoms. The first-order valence-electron chi connectivity index (χ1n) is 6.17. The molecule has 6 nitrogen and oxygen atoms in total. The van der Waals surface area contributed by atoms with Crippen LogP contribution in [0.25, 0.3) is 0 Å². The predicted octanol–water partition coefficient (Wildman–Crippen LogP) is 0.592. The van der Waals surface area contributed by atoms with Crippen LogP contribution in [-0.2, 0) is 10.0 Å². The molecule has 1 aromatic rings. The van der Waals surface area contributed by atoms with Crippen LogP contribution in [0, 0.1) is 0 Å². The number of hydrogen-bond donors (Lipinski definition) is 3. The number of benzene rings is 1. The summed E-state index contributed by atoms with van der Waals surface area (Å²) in [4.78, 5) is 2.24. The summed E-state index contributed by atoms with van der Waals surface area (Å²) in [6.45, 7) is 1.37. The van der Waals surface area contributed by atoms with Gasteiger partial charge in [0.25, 0.3) is 0 Å². The quantitative estimate of drug-likeness (QED) is 0.370. The van der Waals surface area contributed by atoms with Gasteiger partial charge in [0.1, 0.15) is 4.90 Å². The van der Waals surface area contributed by atoms with E-state index in [2.05, 4.69) is 15.0 Å². The van der Waals surface area contributed by atoms with E-state index in [4.69, 9.17) is 5.84 Å². The summed E-state index contributed by atoms with van der Waals surface area (Å²) in [6.07, 6.45) is 1.75. The normalized spacial score (nSPS) is 11.8. The molecule has 0 aliphatic carbocycles. The van der Waals surface area contributed by atoms with Gasteiger partial charge in [0.2, 0.25) is 10.0 Å². The lowest BCUT2D eigenvalue weighted by atomic mass is 10.3. The van der Waals surface area contributed by atoms with E-state index < -0.39 is 10.0 Å². The average molecular weight is 286 g/mol. The predicted molar refractivity (Wildman–Crippen MR) is 77.2 cm³/mol. The van der Waals surface area contributed by atoms with Gasteiger partial charge in [0.05, 0.1) is 5.69 Å². The molecule has 4 N–H and O–H groups in total. The average Bonchev–Trinajstić information content (AvgIpc) is 2.37. The highest BCUT2D eigenvalue weighted by atomic mass is 32.2. The third kappa shape index (κ3) is 5.15. The van der Waals surface area contributed by atoms with Gasteiger partial charge in [-0.2, -0.15) is 0 Å². The number of nitrogens with two attached hydrogens (primary N) is 1. The zero-order valence-electron chi connectivity index (χ0n) is 11.4. The Kier molecular flexibility index (Phi) is 6.23. The molecule has 1 aromatic carbocycles. The molecular formula is C12H22N4O2S. The van der Waals surface area contributed by atoms with Crippen LogP contribution in [0.1, 0.15) is 12.8 Å². The van der Waals surface area contributed by atoms with Crippen molar-refractivity contribution in [3.63, 3.8) is 0 Å². The number of unbranched alkanes of at least 4 members (excludes halogenated alkanes) is 1. The summed E-state index contributed by atoms with van der Waals surface area (Å²) in [6, 6.07) is 6.55. The molecule has 0 aromatic heterocycles. The van der Waals surface area contributed by atoms with Crippen molar-refractivity contribution in [1.82, 2.24) is 9.62 Å². The van der Waals surface area contributed by atoms with Crippen LogP contribution in [0.15, 0.2) is 29.2 Å². The van der Waals surface area contributed by atoms with Gasteiger partial charge >= 0.3 is 0 Å². The number of anilines is 1. The minimum atomic E-state index is -3.51. The van der Waals surface area contributed by atoms with E-state index >= 15 is 0 Å². The Morgan fingerprint density at radius 1 is 1.21 bits per heavy atom. The third-order valence-electron chi connectivity index (χ3n) is 2.66. The summed E-state index contributed by atoms with van der Waals surface area (Å²) in [5.41, 5.74) is 2.78. The number of hydrazine groups is 1. The van der Waals surface area contributed by atoms with Crippen molar-refractivity contribution in [2.45, 2.75) is 17.7 Å². The summed E-state index contributed by atoms with van der Waals surface area (Å²) in [5.74, 6) is 5.31. The van der Waals surface area contributed by atoms with E-state index in [9.17, 15) is 8.42 Å². The third-order valence-corrected chi connectivity index (χ3v) is 4.18. The molecule has 0 atom stereocenters. The van der Waals surface area contributed by atoms with E-state index in [0.717, 1.165) is 19.4 Å². The first kappa shape index (κ1) is 15.9. The first-order chi connectivity index (χ1) is 8.97. The lowest BCUT2D eigenvalue weighted by Crippen LogP contribution is -2.27. The molecule has 0 unspecified atom stereocenters. The zero-order valence-corrected chi connectivity index (χ0v) is 12.2. The molecule has 0 aliphatic heterocycles. The van der Waals surface area contributed by atoms with Crippen LogP contribution in [0.2, 0.25) is 0 Å². The highest BCUT2D eigenvalue weighted by Crippen LogP contribution is 2.19. The van der Waals surface area contributed by atoms with E-state index in [1.54, 1.807) is 18.2 Å². The summed E-state index contributed by atoms with van der Waals surface area (Å²) < 4.78 is 26.8. The van der Waals surface area contributed by atoms with Crippen molar-refractivity contribution < 1.29 is 8.42 Å². The lowest BCUT2D eigenvalue weighted by Gasteiger charge is -2.12. The van der Waals surface area contributed by atoms with E-state index in [1.165, 1.54) is 6.07 Å². The highest BCUT2D eigenvalue weighted by molar-refractivity contribution is 7.89. The molecule has 0 amide bonds. The van der Waals surface area contributed by atoms with Crippen LogP contribution in [0.5, 0.6) is 0 Å². The Balaban J connectivity index is 2.56. The van der Waals surface area contributed by atoms with Crippen LogP contribution in [0.3, 0.4) is 0 Å². The van der Waals surface area contributed by atoms with Crippen molar-refractivity contribution in [2.24, 2.45) is 5.84 Å². The molecule has 0 aliphatic rings. The molecule has 0 heterocycles. The maximum Gasteiger partial charge on any atom is 0.242 e. The van der Waals surface area contributed by atoms with Gasteiger partial charge in [0.15, 0.2) is 0 Å². The fraction of sp³-hybridized carbons (Fsp3) is 0.500. The lowest BCUT2D eigenvalue weighted by molar-refractivity contribution is 0.394. The monoisotopic (exact) mass is 286 g/mol. The maximum absolute atomic E-state index is 12.1. The number of para-hydroxylation sites is 1. The molecule has 19 heavy (non-hydrogen) atoms. The number of nitrogens with zero attached hydrogens (tertiary/aromatic N) is 1. The Morgan fingerprint density at radius 2 is 1.89 bits per heavy atom. The highest BCUT2D eigenvalue weighted by Gasteiger charge is 2.16. The topological polar surface area (TPSA) is 87.5 Å². The van der Waals surface area contributed by atoms with Crippen molar-refractivity contribution in [1.29, 1.82) is 0 Å². The van der Waals surface area contributed by atoms with Gasteiger partial charge in [-0.05, 0) is 45.6 Å². The van der Waals surface area contributed by atoms with Crippen molar-refractivity contribution in [3.8, 4) is 0 Å². The minimum Gasteiger partial charge on any atom is -0.323 e. The van der Waals surface area contributed by atoms with Gasteiger partial charge in [-0.3, -0.25) is 5.84 Å². The van der Waals surface area contributed by atoms with Crippen molar-refractivity contribution >= 4 is 15.7 Å². The summed E-state index contributed by atoms with van der Waals surface area (Å²) >= 11 is 0. The van der Waals surface area contributed by atoms with Crippen LogP contribution in [-0.4, -0.2) is 40.5 Å². The van der Waals surface area contributed by atoms with Crippen molar-refractivity contribution in [2.75, 3.05) is 32.6 Å². The van der Waals surface area contributed by atoms with E-state index in [-0.39, 0.29) is 4.90 Å². The molecule has 0 saturated heterocycles. The van der Waals surface area contributed by atoms with Crippen LogP contribution in [0.4, 0.5) is 5.69 Å². The molecular weight excluding hydrogens is 264 g/mol. The van der Waals surface area contributed by atoms with E-state index in [1.807, 2.05) is 14.1 Å². The van der Waals surface area contributed by atoms with Gasteiger partial charge in [-0.25, -0.2) is 13.1 Å². The Hall–Kier alpha value is -1.15. The summed E-state index contributed by atoms with van der Waals surface area (Å²) in [5, 5.41) is 0. The second kappa shape index (κ2) is 7.44. The van der Waals surface area contributed by atoms with Crippen molar-refractivity contribution in [3.05, 3.63) is 24.3 Å².